The Hall–Kier alpha value is -2.62. The summed E-state index contributed by atoms with van der Waals surface area (Å²) >= 11 is 0. The molecule has 3 rings (SSSR count). The van der Waals surface area contributed by atoms with Crippen LogP contribution in [0.2, 0.25) is 0 Å². The molecular weight excluding hydrogens is 312 g/mol. The molecule has 0 spiro atoms. The van der Waals surface area contributed by atoms with Gasteiger partial charge in [-0.05, 0) is 34.7 Å². The van der Waals surface area contributed by atoms with Crippen molar-refractivity contribution >= 4 is 17.5 Å². The van der Waals surface area contributed by atoms with E-state index in [0.29, 0.717) is 19.5 Å². The molecule has 25 heavy (non-hydrogen) atoms. The first-order valence-corrected chi connectivity index (χ1v) is 8.58. The quantitative estimate of drug-likeness (QED) is 0.909. The molecule has 130 valence electrons. The fourth-order valence-electron chi connectivity index (χ4n) is 3.08. The summed E-state index contributed by atoms with van der Waals surface area (Å²) in [5.74, 6) is 0.0457. The van der Waals surface area contributed by atoms with E-state index in [4.69, 9.17) is 0 Å². The number of fused-ring (bicyclic) bond motifs is 1. The minimum absolute atomic E-state index is 0.00193. The molecule has 0 aliphatic carbocycles. The van der Waals surface area contributed by atoms with E-state index in [1.54, 1.807) is 0 Å². The summed E-state index contributed by atoms with van der Waals surface area (Å²) < 4.78 is 0. The lowest BCUT2D eigenvalue weighted by molar-refractivity contribution is -0.117. The number of hydrogen-bond donors (Lipinski definition) is 1. The standard InChI is InChI=1S/C21H24N2O2/c1-21(2,3)12-19(24)22-17-9-10-18-16(11-17)14-23(20(18)25)13-15-7-5-4-6-8-15/h4-11H,12-14H2,1-3H3,(H,22,24). The Kier molecular flexibility index (Phi) is 4.62. The van der Waals surface area contributed by atoms with Crippen LogP contribution in [-0.4, -0.2) is 16.7 Å². The van der Waals surface area contributed by atoms with E-state index in [9.17, 15) is 9.59 Å². The van der Waals surface area contributed by atoms with Crippen molar-refractivity contribution in [2.45, 2.75) is 40.3 Å². The highest BCUT2D eigenvalue weighted by molar-refractivity contribution is 5.99. The Labute approximate surface area is 148 Å². The summed E-state index contributed by atoms with van der Waals surface area (Å²) in [6, 6.07) is 15.5. The van der Waals surface area contributed by atoms with Crippen LogP contribution in [0.1, 0.15) is 48.7 Å². The van der Waals surface area contributed by atoms with Crippen molar-refractivity contribution < 1.29 is 9.59 Å². The van der Waals surface area contributed by atoms with Crippen molar-refractivity contribution in [2.75, 3.05) is 5.32 Å². The maximum Gasteiger partial charge on any atom is 0.254 e. The minimum atomic E-state index is -0.0523. The number of carbonyl (C=O) groups is 2. The van der Waals surface area contributed by atoms with Gasteiger partial charge in [0, 0.05) is 30.8 Å². The number of nitrogens with one attached hydrogen (secondary N) is 1. The van der Waals surface area contributed by atoms with E-state index in [-0.39, 0.29) is 17.2 Å². The molecule has 1 aliphatic rings. The predicted molar refractivity (Wildman–Crippen MR) is 99.2 cm³/mol. The SMILES string of the molecule is CC(C)(C)CC(=O)Nc1ccc2c(c1)CN(Cc1ccccc1)C2=O. The van der Waals surface area contributed by atoms with Crippen molar-refractivity contribution in [1.82, 2.24) is 4.90 Å². The van der Waals surface area contributed by atoms with Crippen LogP contribution in [0.4, 0.5) is 5.69 Å². The normalized spacial score (nSPS) is 13.7. The molecule has 0 unspecified atom stereocenters. The van der Waals surface area contributed by atoms with E-state index in [1.165, 1.54) is 0 Å². The Morgan fingerprint density at radius 2 is 1.84 bits per heavy atom. The molecule has 4 nitrogen and oxygen atoms in total. The molecule has 0 atom stereocenters. The van der Waals surface area contributed by atoms with E-state index >= 15 is 0 Å². The minimum Gasteiger partial charge on any atom is -0.330 e. The summed E-state index contributed by atoms with van der Waals surface area (Å²) in [6.45, 7) is 7.28. The molecular formula is C21H24N2O2. The van der Waals surface area contributed by atoms with Crippen LogP contribution in [0.5, 0.6) is 0 Å². The monoisotopic (exact) mass is 336 g/mol. The zero-order chi connectivity index (χ0) is 18.0. The van der Waals surface area contributed by atoms with Gasteiger partial charge in [0.25, 0.3) is 5.91 Å². The molecule has 1 aliphatic heterocycles. The van der Waals surface area contributed by atoms with Crippen LogP contribution < -0.4 is 5.32 Å². The van der Waals surface area contributed by atoms with Gasteiger partial charge in [-0.3, -0.25) is 9.59 Å². The van der Waals surface area contributed by atoms with Gasteiger partial charge < -0.3 is 10.2 Å². The molecule has 2 aromatic rings. The van der Waals surface area contributed by atoms with Gasteiger partial charge in [0.05, 0.1) is 0 Å². The highest BCUT2D eigenvalue weighted by Crippen LogP contribution is 2.27. The number of carbonyl (C=O) groups excluding carboxylic acids is 2. The zero-order valence-electron chi connectivity index (χ0n) is 15.0. The van der Waals surface area contributed by atoms with Gasteiger partial charge in [-0.1, -0.05) is 51.1 Å². The van der Waals surface area contributed by atoms with E-state index < -0.39 is 0 Å². The molecule has 1 N–H and O–H groups in total. The van der Waals surface area contributed by atoms with Gasteiger partial charge in [0.1, 0.15) is 0 Å². The van der Waals surface area contributed by atoms with E-state index in [2.05, 4.69) is 5.32 Å². The Balaban J connectivity index is 1.70. The van der Waals surface area contributed by atoms with Crippen molar-refractivity contribution in [3.8, 4) is 0 Å². The number of benzene rings is 2. The number of rotatable bonds is 4. The highest BCUT2D eigenvalue weighted by Gasteiger charge is 2.27. The summed E-state index contributed by atoms with van der Waals surface area (Å²) in [7, 11) is 0. The van der Waals surface area contributed by atoms with Gasteiger partial charge in [0.15, 0.2) is 0 Å². The molecule has 1 heterocycles. The largest absolute Gasteiger partial charge is 0.330 e. The molecule has 4 heteroatoms. The van der Waals surface area contributed by atoms with Crippen molar-refractivity contribution in [3.05, 3.63) is 65.2 Å². The Morgan fingerprint density at radius 3 is 2.52 bits per heavy atom. The number of nitrogens with zero attached hydrogens (tertiary/aromatic N) is 1. The topological polar surface area (TPSA) is 49.4 Å². The molecule has 0 bridgehead atoms. The van der Waals surface area contributed by atoms with Crippen LogP contribution >= 0.6 is 0 Å². The van der Waals surface area contributed by atoms with Crippen LogP contribution in [0.25, 0.3) is 0 Å². The Bertz CT molecular complexity index is 791. The lowest BCUT2D eigenvalue weighted by Gasteiger charge is -2.17. The van der Waals surface area contributed by atoms with Gasteiger partial charge in [-0.15, -0.1) is 0 Å². The predicted octanol–water partition coefficient (Wildman–Crippen LogP) is 4.22. The molecule has 0 aromatic heterocycles. The van der Waals surface area contributed by atoms with Gasteiger partial charge in [-0.25, -0.2) is 0 Å². The van der Waals surface area contributed by atoms with Crippen molar-refractivity contribution in [1.29, 1.82) is 0 Å². The number of amides is 2. The fraction of sp³-hybridized carbons (Fsp3) is 0.333. The van der Waals surface area contributed by atoms with Crippen molar-refractivity contribution in [2.24, 2.45) is 5.41 Å². The molecule has 0 saturated carbocycles. The molecule has 0 saturated heterocycles. The lowest BCUT2D eigenvalue weighted by Crippen LogP contribution is -2.23. The first-order chi connectivity index (χ1) is 11.8. The third-order valence-corrected chi connectivity index (χ3v) is 4.17. The third-order valence-electron chi connectivity index (χ3n) is 4.17. The smallest absolute Gasteiger partial charge is 0.254 e. The summed E-state index contributed by atoms with van der Waals surface area (Å²) in [5.41, 5.74) is 3.51. The Morgan fingerprint density at radius 1 is 1.12 bits per heavy atom. The second-order valence-electron chi connectivity index (χ2n) is 7.80. The third kappa shape index (κ3) is 4.27. The highest BCUT2D eigenvalue weighted by atomic mass is 16.2. The molecule has 2 aromatic carbocycles. The first-order valence-electron chi connectivity index (χ1n) is 8.58. The molecule has 0 fully saturated rings. The second-order valence-corrected chi connectivity index (χ2v) is 7.80. The fourth-order valence-corrected chi connectivity index (χ4v) is 3.08. The average molecular weight is 336 g/mol. The zero-order valence-corrected chi connectivity index (χ0v) is 15.0. The van der Waals surface area contributed by atoms with Gasteiger partial charge in [-0.2, -0.15) is 0 Å². The molecule has 2 amide bonds. The van der Waals surface area contributed by atoms with Crippen LogP contribution in [0.3, 0.4) is 0 Å². The van der Waals surface area contributed by atoms with Gasteiger partial charge >= 0.3 is 0 Å². The van der Waals surface area contributed by atoms with Crippen LogP contribution in [0, 0.1) is 5.41 Å². The van der Waals surface area contributed by atoms with E-state index in [0.717, 1.165) is 22.4 Å². The summed E-state index contributed by atoms with van der Waals surface area (Å²) in [6.07, 6.45) is 0.461. The maximum atomic E-state index is 12.6. The lowest BCUT2D eigenvalue weighted by atomic mass is 9.92. The second kappa shape index (κ2) is 6.71. The summed E-state index contributed by atoms with van der Waals surface area (Å²) in [5, 5.41) is 2.94. The number of anilines is 1. The molecule has 0 radical (unpaired) electrons. The van der Waals surface area contributed by atoms with Crippen LogP contribution in [0.15, 0.2) is 48.5 Å². The maximum absolute atomic E-state index is 12.6. The van der Waals surface area contributed by atoms with Crippen molar-refractivity contribution in [3.63, 3.8) is 0 Å². The summed E-state index contributed by atoms with van der Waals surface area (Å²) in [4.78, 5) is 26.5. The van der Waals surface area contributed by atoms with E-state index in [1.807, 2.05) is 74.2 Å². The number of hydrogen-bond acceptors (Lipinski definition) is 2. The first kappa shape index (κ1) is 17.2. The van der Waals surface area contributed by atoms with Gasteiger partial charge in [0.2, 0.25) is 5.91 Å². The average Bonchev–Trinajstić information content (AvgIpc) is 2.82. The van der Waals surface area contributed by atoms with Crippen LogP contribution in [-0.2, 0) is 17.9 Å².